The second-order valence-electron chi connectivity index (χ2n) is 6.62. The molecule has 2 aromatic heterocycles. The normalized spacial score (nSPS) is 12.1. The lowest BCUT2D eigenvalue weighted by Gasteiger charge is -2.17. The first kappa shape index (κ1) is 17.1. The van der Waals surface area contributed by atoms with Crippen molar-refractivity contribution >= 4 is 16.9 Å². The fourth-order valence-corrected chi connectivity index (χ4v) is 3.34. The third-order valence-corrected chi connectivity index (χ3v) is 4.83. The van der Waals surface area contributed by atoms with Gasteiger partial charge >= 0.3 is 0 Å². The Morgan fingerprint density at radius 1 is 1.04 bits per heavy atom. The van der Waals surface area contributed by atoms with E-state index in [-0.39, 0.29) is 6.04 Å². The maximum atomic E-state index is 5.24. The van der Waals surface area contributed by atoms with Gasteiger partial charge in [-0.05, 0) is 60.9 Å². The number of rotatable bonds is 5. The second kappa shape index (κ2) is 7.11. The Balaban J connectivity index is 1.67. The van der Waals surface area contributed by atoms with E-state index in [9.17, 15) is 0 Å². The Kier molecular flexibility index (Phi) is 4.50. The van der Waals surface area contributed by atoms with E-state index < -0.39 is 0 Å². The lowest BCUT2D eigenvalue weighted by molar-refractivity contribution is 0.415. The number of anilines is 1. The van der Waals surface area contributed by atoms with Gasteiger partial charge in [-0.25, -0.2) is 9.97 Å². The molecule has 0 bridgehead atoms. The molecule has 2 aromatic carbocycles. The lowest BCUT2D eigenvalue weighted by Crippen LogP contribution is -2.09. The van der Waals surface area contributed by atoms with E-state index in [0.717, 1.165) is 33.9 Å². The Morgan fingerprint density at radius 3 is 2.56 bits per heavy atom. The van der Waals surface area contributed by atoms with Crippen molar-refractivity contribution in [3.8, 4) is 17.0 Å². The number of hydrogen-bond acceptors (Lipinski definition) is 4. The van der Waals surface area contributed by atoms with Crippen LogP contribution in [0, 0.1) is 6.92 Å². The van der Waals surface area contributed by atoms with E-state index >= 15 is 0 Å². The fraction of sp³-hybridized carbons (Fsp3) is 0.182. The first-order chi connectivity index (χ1) is 13.2. The Bertz CT molecular complexity index is 1070. The quantitative estimate of drug-likeness (QED) is 0.520. The summed E-state index contributed by atoms with van der Waals surface area (Å²) >= 11 is 0. The largest absolute Gasteiger partial charge is 0.497 e. The molecule has 0 amide bonds. The minimum atomic E-state index is 0.142. The number of ether oxygens (including phenoxy) is 1. The van der Waals surface area contributed by atoms with Gasteiger partial charge in [-0.3, -0.25) is 0 Å². The summed E-state index contributed by atoms with van der Waals surface area (Å²) < 4.78 is 5.24. The average molecular weight is 358 g/mol. The zero-order valence-electron chi connectivity index (χ0n) is 15.7. The molecular formula is C22H22N4O. The van der Waals surface area contributed by atoms with Gasteiger partial charge in [0.25, 0.3) is 0 Å². The summed E-state index contributed by atoms with van der Waals surface area (Å²) in [6.45, 7) is 4.27. The molecule has 4 rings (SSSR count). The molecule has 5 nitrogen and oxygen atoms in total. The van der Waals surface area contributed by atoms with Crippen LogP contribution in [0.2, 0.25) is 0 Å². The molecule has 2 N–H and O–H groups in total. The molecule has 2 heterocycles. The van der Waals surface area contributed by atoms with E-state index in [4.69, 9.17) is 4.74 Å². The molecule has 1 atom stereocenters. The number of H-pyrrole nitrogens is 1. The Morgan fingerprint density at radius 2 is 1.81 bits per heavy atom. The number of fused-ring (bicyclic) bond motifs is 1. The predicted molar refractivity (Wildman–Crippen MR) is 109 cm³/mol. The third kappa shape index (κ3) is 3.36. The van der Waals surface area contributed by atoms with Crippen LogP contribution in [0.3, 0.4) is 0 Å². The van der Waals surface area contributed by atoms with E-state index in [1.54, 1.807) is 13.4 Å². The van der Waals surface area contributed by atoms with Crippen molar-refractivity contribution in [2.45, 2.75) is 19.9 Å². The SMILES string of the molecule is COc1ccc(-c2cc3c(NC(C)c4ccccc4C)ncnc3[nH]2)cc1. The lowest BCUT2D eigenvalue weighted by atomic mass is 10.0. The summed E-state index contributed by atoms with van der Waals surface area (Å²) in [5.41, 5.74) is 5.41. The van der Waals surface area contributed by atoms with Gasteiger partial charge in [0.2, 0.25) is 0 Å². The number of aromatic nitrogens is 3. The molecule has 0 saturated carbocycles. The molecule has 0 aliphatic heterocycles. The zero-order chi connectivity index (χ0) is 18.8. The van der Waals surface area contributed by atoms with Crippen molar-refractivity contribution in [1.29, 1.82) is 0 Å². The van der Waals surface area contributed by atoms with Crippen LogP contribution in [-0.2, 0) is 0 Å². The van der Waals surface area contributed by atoms with Gasteiger partial charge in [0.15, 0.2) is 0 Å². The Labute approximate surface area is 158 Å². The summed E-state index contributed by atoms with van der Waals surface area (Å²) in [6, 6.07) is 18.6. The molecular weight excluding hydrogens is 336 g/mol. The van der Waals surface area contributed by atoms with Crippen LogP contribution in [0.25, 0.3) is 22.3 Å². The van der Waals surface area contributed by atoms with Gasteiger partial charge < -0.3 is 15.0 Å². The number of aromatic amines is 1. The van der Waals surface area contributed by atoms with Gasteiger partial charge in [0.05, 0.1) is 18.5 Å². The molecule has 0 spiro atoms. The highest BCUT2D eigenvalue weighted by Gasteiger charge is 2.13. The molecule has 5 heteroatoms. The minimum absolute atomic E-state index is 0.142. The van der Waals surface area contributed by atoms with Crippen LogP contribution >= 0.6 is 0 Å². The number of benzene rings is 2. The second-order valence-corrected chi connectivity index (χ2v) is 6.62. The summed E-state index contributed by atoms with van der Waals surface area (Å²) in [7, 11) is 1.67. The first-order valence-corrected chi connectivity index (χ1v) is 8.96. The van der Waals surface area contributed by atoms with Crippen molar-refractivity contribution in [2.24, 2.45) is 0 Å². The number of nitrogens with one attached hydrogen (secondary N) is 2. The predicted octanol–water partition coefficient (Wildman–Crippen LogP) is 5.12. The number of aryl methyl sites for hydroxylation is 1. The van der Waals surface area contributed by atoms with Crippen LogP contribution in [0.15, 0.2) is 60.9 Å². The topological polar surface area (TPSA) is 62.8 Å². The van der Waals surface area contributed by atoms with Gasteiger partial charge in [0, 0.05) is 5.69 Å². The van der Waals surface area contributed by atoms with Gasteiger partial charge in [-0.2, -0.15) is 0 Å². The summed E-state index contributed by atoms with van der Waals surface area (Å²) in [4.78, 5) is 12.2. The smallest absolute Gasteiger partial charge is 0.143 e. The van der Waals surface area contributed by atoms with E-state index in [1.165, 1.54) is 11.1 Å². The van der Waals surface area contributed by atoms with E-state index in [1.807, 2.05) is 24.3 Å². The molecule has 0 aliphatic carbocycles. The van der Waals surface area contributed by atoms with Crippen LogP contribution in [0.5, 0.6) is 5.75 Å². The molecule has 1 unspecified atom stereocenters. The van der Waals surface area contributed by atoms with Crippen molar-refractivity contribution in [3.63, 3.8) is 0 Å². The minimum Gasteiger partial charge on any atom is -0.497 e. The summed E-state index contributed by atoms with van der Waals surface area (Å²) in [5.74, 6) is 1.66. The first-order valence-electron chi connectivity index (χ1n) is 8.96. The summed E-state index contributed by atoms with van der Waals surface area (Å²) in [6.07, 6.45) is 1.59. The monoisotopic (exact) mass is 358 g/mol. The van der Waals surface area contributed by atoms with Crippen molar-refractivity contribution in [2.75, 3.05) is 12.4 Å². The maximum absolute atomic E-state index is 5.24. The maximum Gasteiger partial charge on any atom is 0.143 e. The van der Waals surface area contributed by atoms with Gasteiger partial charge in [0.1, 0.15) is 23.5 Å². The van der Waals surface area contributed by atoms with Crippen molar-refractivity contribution in [3.05, 3.63) is 72.1 Å². The average Bonchev–Trinajstić information content (AvgIpc) is 3.14. The van der Waals surface area contributed by atoms with Crippen molar-refractivity contribution < 1.29 is 4.74 Å². The summed E-state index contributed by atoms with van der Waals surface area (Å²) in [5, 5.41) is 4.51. The zero-order valence-corrected chi connectivity index (χ0v) is 15.7. The van der Waals surface area contributed by atoms with Crippen LogP contribution < -0.4 is 10.1 Å². The molecule has 136 valence electrons. The highest BCUT2D eigenvalue weighted by atomic mass is 16.5. The fourth-order valence-electron chi connectivity index (χ4n) is 3.34. The van der Waals surface area contributed by atoms with Crippen LogP contribution in [-0.4, -0.2) is 22.1 Å². The highest BCUT2D eigenvalue weighted by Crippen LogP contribution is 2.30. The van der Waals surface area contributed by atoms with E-state index in [0.29, 0.717) is 0 Å². The van der Waals surface area contributed by atoms with Crippen LogP contribution in [0.4, 0.5) is 5.82 Å². The van der Waals surface area contributed by atoms with Crippen LogP contribution in [0.1, 0.15) is 24.1 Å². The van der Waals surface area contributed by atoms with Crippen molar-refractivity contribution in [1.82, 2.24) is 15.0 Å². The Hall–Kier alpha value is -3.34. The molecule has 0 radical (unpaired) electrons. The highest BCUT2D eigenvalue weighted by molar-refractivity contribution is 5.91. The number of methoxy groups -OCH3 is 1. The van der Waals surface area contributed by atoms with Gasteiger partial charge in [-0.15, -0.1) is 0 Å². The molecule has 0 fully saturated rings. The van der Waals surface area contributed by atoms with E-state index in [2.05, 4.69) is 64.4 Å². The van der Waals surface area contributed by atoms with Gasteiger partial charge in [-0.1, -0.05) is 24.3 Å². The standard InChI is InChI=1S/C22H22N4O/c1-14-6-4-5-7-18(14)15(2)25-21-19-12-20(26-22(19)24-13-23-21)16-8-10-17(27-3)11-9-16/h4-13,15H,1-3H3,(H2,23,24,25,26). The molecule has 0 aliphatic rings. The third-order valence-electron chi connectivity index (χ3n) is 4.83. The molecule has 0 saturated heterocycles. The molecule has 4 aromatic rings. The molecule has 27 heavy (non-hydrogen) atoms. The number of hydrogen-bond donors (Lipinski definition) is 2. The number of nitrogens with zero attached hydrogens (tertiary/aromatic N) is 2.